The number of anilines is 1. The van der Waals surface area contributed by atoms with Gasteiger partial charge in [0.1, 0.15) is 18.2 Å². The molecule has 1 heterocycles. The molecule has 0 bridgehead atoms. The Bertz CT molecular complexity index is 1340. The predicted molar refractivity (Wildman–Crippen MR) is 137 cm³/mol. The number of ether oxygens (including phenoxy) is 1. The lowest BCUT2D eigenvalue weighted by Gasteiger charge is -2.11. The van der Waals surface area contributed by atoms with Crippen molar-refractivity contribution in [2.24, 2.45) is 0 Å². The minimum atomic E-state index is -0.275. The van der Waals surface area contributed by atoms with Crippen molar-refractivity contribution in [3.63, 3.8) is 0 Å². The number of rotatable bonds is 7. The van der Waals surface area contributed by atoms with Crippen molar-refractivity contribution < 1.29 is 13.9 Å². The molecule has 0 aliphatic rings. The Morgan fingerprint density at radius 1 is 0.971 bits per heavy atom. The van der Waals surface area contributed by atoms with Crippen LogP contribution in [0.15, 0.2) is 60.7 Å². The van der Waals surface area contributed by atoms with Crippen molar-refractivity contribution in [3.05, 3.63) is 111 Å². The zero-order chi connectivity index (χ0) is 25.1. The van der Waals surface area contributed by atoms with Gasteiger partial charge in [0, 0.05) is 10.6 Å². The van der Waals surface area contributed by atoms with Crippen molar-refractivity contribution in [1.29, 1.82) is 0 Å². The molecule has 7 heteroatoms. The number of amides is 1. The molecule has 5 nitrogen and oxygen atoms in total. The van der Waals surface area contributed by atoms with E-state index in [-0.39, 0.29) is 11.7 Å². The molecule has 35 heavy (non-hydrogen) atoms. The summed E-state index contributed by atoms with van der Waals surface area (Å²) in [4.78, 5) is 12.9. The predicted octanol–water partition coefficient (Wildman–Crippen LogP) is 6.79. The van der Waals surface area contributed by atoms with Crippen LogP contribution in [0.25, 0.3) is 0 Å². The monoisotopic (exact) mass is 491 g/mol. The second-order valence-corrected chi connectivity index (χ2v) is 9.02. The van der Waals surface area contributed by atoms with Gasteiger partial charge < -0.3 is 10.1 Å². The number of hydrogen-bond acceptors (Lipinski definition) is 3. The number of halogens is 2. The normalized spacial score (nSPS) is 10.9. The van der Waals surface area contributed by atoms with E-state index in [4.69, 9.17) is 16.3 Å². The van der Waals surface area contributed by atoms with Gasteiger partial charge in [0.15, 0.2) is 0 Å². The first kappa shape index (κ1) is 24.5. The molecule has 4 rings (SSSR count). The molecule has 0 atom stereocenters. The number of aromatic nitrogens is 2. The van der Waals surface area contributed by atoms with Gasteiger partial charge in [-0.1, -0.05) is 35.9 Å². The molecule has 0 spiro atoms. The fourth-order valence-corrected chi connectivity index (χ4v) is 4.00. The largest absolute Gasteiger partial charge is 0.489 e. The molecule has 1 N–H and O–H groups in total. The third-order valence-corrected chi connectivity index (χ3v) is 6.49. The number of hydrogen-bond donors (Lipinski definition) is 1. The Kier molecular flexibility index (Phi) is 7.22. The van der Waals surface area contributed by atoms with Gasteiger partial charge in [0.25, 0.3) is 5.91 Å². The number of carbonyl (C=O) groups excluding carboxylic acids is 1. The van der Waals surface area contributed by atoms with Crippen LogP contribution >= 0.6 is 11.6 Å². The molecule has 4 aromatic rings. The van der Waals surface area contributed by atoms with Crippen LogP contribution in [0.4, 0.5) is 10.1 Å². The topological polar surface area (TPSA) is 56.1 Å². The van der Waals surface area contributed by atoms with E-state index in [1.807, 2.05) is 52.0 Å². The van der Waals surface area contributed by atoms with E-state index in [1.54, 1.807) is 28.9 Å². The average molecular weight is 492 g/mol. The zero-order valence-electron chi connectivity index (χ0n) is 20.2. The van der Waals surface area contributed by atoms with E-state index >= 15 is 0 Å². The minimum absolute atomic E-state index is 0.214. The van der Waals surface area contributed by atoms with Gasteiger partial charge in [-0.2, -0.15) is 5.10 Å². The molecule has 1 aromatic heterocycles. The number of carbonyl (C=O) groups is 1. The highest BCUT2D eigenvalue weighted by Gasteiger charge is 2.16. The maximum Gasteiger partial charge on any atom is 0.255 e. The van der Waals surface area contributed by atoms with Crippen molar-refractivity contribution in [3.8, 4) is 5.75 Å². The van der Waals surface area contributed by atoms with E-state index < -0.39 is 0 Å². The standard InChI is InChI=1S/C28H27ClFN3O2/c1-17-13-25(14-18(2)26(17)29)35-16-22-5-9-23(10-6-22)28(34)31-27-19(3)32-33(20(27)4)15-21-7-11-24(30)12-8-21/h5-14H,15-16H2,1-4H3,(H,31,34). The van der Waals surface area contributed by atoms with E-state index in [0.29, 0.717) is 24.4 Å². The lowest BCUT2D eigenvalue weighted by Crippen LogP contribution is -2.13. The molecular formula is C28H27ClFN3O2. The molecule has 1 amide bonds. The van der Waals surface area contributed by atoms with Crippen molar-refractivity contribution in [1.82, 2.24) is 9.78 Å². The van der Waals surface area contributed by atoms with Crippen molar-refractivity contribution in [2.45, 2.75) is 40.8 Å². The molecule has 0 radical (unpaired) electrons. The number of benzene rings is 3. The van der Waals surface area contributed by atoms with Crippen LogP contribution in [0.5, 0.6) is 5.75 Å². The van der Waals surface area contributed by atoms with Crippen LogP contribution in [-0.4, -0.2) is 15.7 Å². The van der Waals surface area contributed by atoms with Gasteiger partial charge in [-0.3, -0.25) is 9.48 Å². The first-order valence-electron chi connectivity index (χ1n) is 11.3. The highest BCUT2D eigenvalue weighted by Crippen LogP contribution is 2.26. The summed E-state index contributed by atoms with van der Waals surface area (Å²) < 4.78 is 20.9. The highest BCUT2D eigenvalue weighted by atomic mass is 35.5. The first-order chi connectivity index (χ1) is 16.7. The van der Waals surface area contributed by atoms with Crippen molar-refractivity contribution in [2.75, 3.05) is 5.32 Å². The fourth-order valence-electron chi connectivity index (χ4n) is 3.89. The van der Waals surface area contributed by atoms with Gasteiger partial charge in [-0.15, -0.1) is 0 Å². The quantitative estimate of drug-likeness (QED) is 0.309. The zero-order valence-corrected chi connectivity index (χ0v) is 20.9. The van der Waals surface area contributed by atoms with Gasteiger partial charge in [0.2, 0.25) is 0 Å². The maximum atomic E-state index is 13.2. The molecule has 0 saturated heterocycles. The number of nitrogens with one attached hydrogen (secondary N) is 1. The third-order valence-electron chi connectivity index (χ3n) is 5.90. The molecule has 0 unspecified atom stereocenters. The Morgan fingerprint density at radius 3 is 2.20 bits per heavy atom. The molecule has 3 aromatic carbocycles. The van der Waals surface area contributed by atoms with E-state index in [2.05, 4.69) is 10.4 Å². The highest BCUT2D eigenvalue weighted by molar-refractivity contribution is 6.32. The summed E-state index contributed by atoms with van der Waals surface area (Å²) in [6, 6.07) is 17.4. The Hall–Kier alpha value is -3.64. The summed E-state index contributed by atoms with van der Waals surface area (Å²) in [5, 5.41) is 8.27. The van der Waals surface area contributed by atoms with Crippen LogP contribution in [0, 0.1) is 33.5 Å². The molecule has 0 aliphatic carbocycles. The smallest absolute Gasteiger partial charge is 0.255 e. The lowest BCUT2D eigenvalue weighted by atomic mass is 10.1. The van der Waals surface area contributed by atoms with Gasteiger partial charge in [-0.05, 0) is 86.3 Å². The summed E-state index contributed by atoms with van der Waals surface area (Å²) in [7, 11) is 0. The van der Waals surface area contributed by atoms with E-state index in [0.717, 1.165) is 44.4 Å². The average Bonchev–Trinajstić information content (AvgIpc) is 3.10. The second-order valence-electron chi connectivity index (χ2n) is 8.64. The molecule has 0 fully saturated rings. The van der Waals surface area contributed by atoms with Crippen LogP contribution in [0.3, 0.4) is 0 Å². The minimum Gasteiger partial charge on any atom is -0.489 e. The summed E-state index contributed by atoms with van der Waals surface area (Å²) in [6.45, 7) is 8.53. The number of nitrogens with zero attached hydrogens (tertiary/aromatic N) is 2. The molecular weight excluding hydrogens is 465 g/mol. The summed E-state index contributed by atoms with van der Waals surface area (Å²) in [5.41, 5.74) is 6.59. The summed E-state index contributed by atoms with van der Waals surface area (Å²) in [5.74, 6) is 0.270. The van der Waals surface area contributed by atoms with Gasteiger partial charge in [0.05, 0.1) is 23.6 Å². The SMILES string of the molecule is Cc1cc(OCc2ccc(C(=O)Nc3c(C)nn(Cc4ccc(F)cc4)c3C)cc2)cc(C)c1Cl. The Labute approximate surface area is 209 Å². The van der Waals surface area contributed by atoms with E-state index in [1.165, 1.54) is 12.1 Å². The van der Waals surface area contributed by atoms with Gasteiger partial charge >= 0.3 is 0 Å². The lowest BCUT2D eigenvalue weighted by molar-refractivity contribution is 0.102. The summed E-state index contributed by atoms with van der Waals surface area (Å²) in [6.07, 6.45) is 0. The molecule has 0 aliphatic heterocycles. The molecule has 180 valence electrons. The van der Waals surface area contributed by atoms with E-state index in [9.17, 15) is 9.18 Å². The first-order valence-corrected chi connectivity index (χ1v) is 11.7. The van der Waals surface area contributed by atoms with Gasteiger partial charge in [-0.25, -0.2) is 4.39 Å². The second kappa shape index (κ2) is 10.3. The molecule has 0 saturated carbocycles. The fraction of sp³-hybridized carbons (Fsp3) is 0.214. The Morgan fingerprint density at radius 2 is 1.57 bits per heavy atom. The Balaban J connectivity index is 1.40. The third kappa shape index (κ3) is 5.72. The van der Waals surface area contributed by atoms with Crippen LogP contribution < -0.4 is 10.1 Å². The van der Waals surface area contributed by atoms with Crippen LogP contribution in [0.2, 0.25) is 5.02 Å². The summed E-state index contributed by atoms with van der Waals surface area (Å²) >= 11 is 6.22. The van der Waals surface area contributed by atoms with Crippen LogP contribution in [-0.2, 0) is 13.2 Å². The van der Waals surface area contributed by atoms with Crippen LogP contribution in [0.1, 0.15) is 44.0 Å². The van der Waals surface area contributed by atoms with Crippen molar-refractivity contribution >= 4 is 23.2 Å². The number of aryl methyl sites for hydroxylation is 3. The maximum absolute atomic E-state index is 13.2.